The Morgan fingerprint density at radius 1 is 1.11 bits per heavy atom. The minimum Gasteiger partial charge on any atom is -0.166 e. The highest BCUT2D eigenvalue weighted by Crippen LogP contribution is 2.36. The smallest absolute Gasteiger partial charge is 0.166 e. The molecule has 3 heteroatoms. The summed E-state index contributed by atoms with van der Waals surface area (Å²) in [6, 6.07) is 1.30. The van der Waals surface area contributed by atoms with Gasteiger partial charge in [-0.25, -0.2) is 0 Å². The van der Waals surface area contributed by atoms with E-state index in [1.807, 2.05) is 0 Å². The Hall–Kier alpha value is -0.990. The normalized spacial score (nSPS) is 16.8. The van der Waals surface area contributed by atoms with Crippen LogP contribution in [0.5, 0.6) is 0 Å². The van der Waals surface area contributed by atoms with Crippen molar-refractivity contribution >= 4 is 0 Å². The molecule has 0 saturated heterocycles. The Bertz CT molecular complexity index is 562. The molecule has 19 heavy (non-hydrogen) atoms. The van der Waals surface area contributed by atoms with Crippen molar-refractivity contribution < 1.29 is 17.3 Å². The van der Waals surface area contributed by atoms with Gasteiger partial charge in [-0.15, -0.1) is 0 Å². The van der Waals surface area contributed by atoms with Crippen LogP contribution in [0, 0.1) is 5.41 Å². The van der Waals surface area contributed by atoms with Crippen molar-refractivity contribution in [3.8, 4) is 0 Å². The van der Waals surface area contributed by atoms with E-state index in [1.54, 1.807) is 41.5 Å². The van der Waals surface area contributed by atoms with Crippen molar-refractivity contribution in [1.29, 1.82) is 0 Å². The molecule has 0 nitrogen and oxygen atoms in total. The molecule has 1 rings (SSSR count). The van der Waals surface area contributed by atoms with Crippen LogP contribution >= 0.6 is 0 Å². The van der Waals surface area contributed by atoms with E-state index in [2.05, 4.69) is 0 Å². The minimum atomic E-state index is -4.55. The van der Waals surface area contributed by atoms with Crippen molar-refractivity contribution in [3.05, 3.63) is 34.9 Å². The molecule has 108 valence electrons. The van der Waals surface area contributed by atoms with Crippen LogP contribution in [0.3, 0.4) is 0 Å². The van der Waals surface area contributed by atoms with Crippen molar-refractivity contribution in [2.45, 2.75) is 59.5 Å². The fourth-order valence-electron chi connectivity index (χ4n) is 1.73. The van der Waals surface area contributed by atoms with E-state index in [4.69, 9.17) is 4.11 Å². The summed E-state index contributed by atoms with van der Waals surface area (Å²) in [5.41, 5.74) is -2.18. The zero-order valence-corrected chi connectivity index (χ0v) is 12.3. The van der Waals surface area contributed by atoms with E-state index >= 15 is 0 Å². The number of benzene rings is 1. The first-order valence-electron chi connectivity index (χ1n) is 7.72. The molecule has 1 aromatic carbocycles. The van der Waals surface area contributed by atoms with Gasteiger partial charge in [0.25, 0.3) is 0 Å². The first kappa shape index (κ1) is 11.8. The molecule has 0 saturated carbocycles. The van der Waals surface area contributed by atoms with Crippen LogP contribution in [0.1, 0.15) is 62.3 Å². The fourth-order valence-corrected chi connectivity index (χ4v) is 1.73. The lowest BCUT2D eigenvalue weighted by molar-refractivity contribution is -0.137. The molecule has 0 unspecified atom stereocenters. The standard InChI is InChI=1S/C16H23F3/c1-14(2,3)10-11-7-8-12(16(17,18)19)9-13(11)15(4,5)6/h7-9H,10H2,1-6H3/i7D,10D2. The van der Waals surface area contributed by atoms with Crippen LogP contribution in [0.15, 0.2) is 18.2 Å². The number of alkyl halides is 3. The first-order chi connectivity index (χ1) is 9.49. The summed E-state index contributed by atoms with van der Waals surface area (Å²) < 4.78 is 63.8. The summed E-state index contributed by atoms with van der Waals surface area (Å²) in [5.74, 6) is 0. The highest BCUT2D eigenvalue weighted by Gasteiger charge is 2.32. The van der Waals surface area contributed by atoms with Gasteiger partial charge in [0.15, 0.2) is 0 Å². The Kier molecular flexibility index (Phi) is 3.01. The third-order valence-corrected chi connectivity index (χ3v) is 2.58. The van der Waals surface area contributed by atoms with E-state index in [9.17, 15) is 13.2 Å². The maximum atomic E-state index is 13.0. The Morgan fingerprint density at radius 2 is 1.63 bits per heavy atom. The Labute approximate surface area is 118 Å². The van der Waals surface area contributed by atoms with Gasteiger partial charge in [-0.3, -0.25) is 0 Å². The maximum absolute atomic E-state index is 13.0. The number of rotatable bonds is 1. The summed E-state index contributed by atoms with van der Waals surface area (Å²) in [6.07, 6.45) is -6.47. The highest BCUT2D eigenvalue weighted by molar-refractivity contribution is 5.38. The van der Waals surface area contributed by atoms with E-state index in [-0.39, 0.29) is 11.1 Å². The molecular weight excluding hydrogens is 249 g/mol. The molecule has 0 heterocycles. The maximum Gasteiger partial charge on any atom is 0.416 e. The summed E-state index contributed by atoms with van der Waals surface area (Å²) in [5, 5.41) is 0. The SMILES string of the molecule is [2H]c1cc(C(F)(F)F)cc(C(C)(C)C)c1C([2H])([2H])C(C)(C)C. The largest absolute Gasteiger partial charge is 0.416 e. The molecule has 0 amide bonds. The molecule has 0 aliphatic heterocycles. The predicted molar refractivity (Wildman–Crippen MR) is 73.3 cm³/mol. The Balaban J connectivity index is 3.80. The molecule has 0 atom stereocenters. The van der Waals surface area contributed by atoms with E-state index in [0.29, 0.717) is 6.07 Å². The first-order valence-corrected chi connectivity index (χ1v) is 6.22. The van der Waals surface area contributed by atoms with Gasteiger partial charge in [0, 0.05) is 2.74 Å². The average Bonchev–Trinajstić information content (AvgIpc) is 2.23. The second-order valence-electron chi connectivity index (χ2n) is 6.80. The summed E-state index contributed by atoms with van der Waals surface area (Å²) in [4.78, 5) is 0. The Morgan fingerprint density at radius 3 is 2.00 bits per heavy atom. The fraction of sp³-hybridized carbons (Fsp3) is 0.625. The molecule has 0 aromatic heterocycles. The molecule has 0 fully saturated rings. The lowest BCUT2D eigenvalue weighted by atomic mass is 9.78. The van der Waals surface area contributed by atoms with Gasteiger partial charge in [0.05, 0.1) is 6.93 Å². The van der Waals surface area contributed by atoms with Crippen LogP contribution in [0.25, 0.3) is 0 Å². The molecule has 0 radical (unpaired) electrons. The summed E-state index contributed by atoms with van der Waals surface area (Å²) in [6.45, 7) is 10.2. The van der Waals surface area contributed by atoms with E-state index < -0.39 is 35.0 Å². The van der Waals surface area contributed by atoms with Gasteiger partial charge < -0.3 is 0 Å². The molecule has 0 aliphatic carbocycles. The molecule has 0 aliphatic rings. The van der Waals surface area contributed by atoms with Gasteiger partial charge in [-0.05, 0) is 40.5 Å². The van der Waals surface area contributed by atoms with E-state index in [0.717, 1.165) is 6.07 Å². The monoisotopic (exact) mass is 275 g/mol. The van der Waals surface area contributed by atoms with Crippen LogP contribution in [-0.4, -0.2) is 0 Å². The van der Waals surface area contributed by atoms with Crippen molar-refractivity contribution in [1.82, 2.24) is 0 Å². The van der Waals surface area contributed by atoms with Gasteiger partial charge in [0.2, 0.25) is 0 Å². The molecule has 0 bridgehead atoms. The number of hydrogen-bond acceptors (Lipinski definition) is 0. The molecule has 1 aromatic rings. The van der Waals surface area contributed by atoms with Crippen molar-refractivity contribution in [2.24, 2.45) is 5.41 Å². The summed E-state index contributed by atoms with van der Waals surface area (Å²) >= 11 is 0. The highest BCUT2D eigenvalue weighted by atomic mass is 19.4. The summed E-state index contributed by atoms with van der Waals surface area (Å²) in [7, 11) is 0. The van der Waals surface area contributed by atoms with Crippen molar-refractivity contribution in [2.75, 3.05) is 0 Å². The van der Waals surface area contributed by atoms with Crippen LogP contribution in [-0.2, 0) is 18.0 Å². The van der Waals surface area contributed by atoms with Crippen molar-refractivity contribution in [3.63, 3.8) is 0 Å². The van der Waals surface area contributed by atoms with Gasteiger partial charge in [-0.2, -0.15) is 13.2 Å². The molecule has 0 spiro atoms. The van der Waals surface area contributed by atoms with E-state index in [1.165, 1.54) is 0 Å². The second-order valence-corrected chi connectivity index (χ2v) is 6.80. The second kappa shape index (κ2) is 4.84. The number of hydrogen-bond donors (Lipinski definition) is 0. The zero-order valence-electron chi connectivity index (χ0n) is 15.3. The zero-order chi connectivity index (χ0) is 17.7. The third-order valence-electron chi connectivity index (χ3n) is 2.58. The third kappa shape index (κ3) is 4.55. The number of halogens is 3. The molecule has 0 N–H and O–H groups in total. The van der Waals surface area contributed by atoms with Gasteiger partial charge >= 0.3 is 6.18 Å². The lowest BCUT2D eigenvalue weighted by Crippen LogP contribution is -2.20. The molecular formula is C16H23F3. The van der Waals surface area contributed by atoms with Crippen LogP contribution < -0.4 is 0 Å². The van der Waals surface area contributed by atoms with Crippen LogP contribution in [0.2, 0.25) is 0 Å². The minimum absolute atomic E-state index is 0.0421. The topological polar surface area (TPSA) is 0 Å². The average molecular weight is 275 g/mol. The van der Waals surface area contributed by atoms with Gasteiger partial charge in [0.1, 0.15) is 0 Å². The van der Waals surface area contributed by atoms with Crippen LogP contribution in [0.4, 0.5) is 13.2 Å². The predicted octanol–water partition coefficient (Wildman–Crippen LogP) is 5.59. The quantitative estimate of drug-likeness (QED) is 0.626. The lowest BCUT2D eigenvalue weighted by Gasteiger charge is -2.28. The van der Waals surface area contributed by atoms with Gasteiger partial charge in [-0.1, -0.05) is 47.6 Å².